The van der Waals surface area contributed by atoms with E-state index in [-0.39, 0.29) is 11.9 Å². The number of carbonyl (C=O) groups excluding carboxylic acids is 1. The Balaban J connectivity index is 1.96. The first-order valence-electron chi connectivity index (χ1n) is 5.73. The van der Waals surface area contributed by atoms with Crippen LogP contribution in [-0.2, 0) is 4.79 Å². The van der Waals surface area contributed by atoms with Gasteiger partial charge < -0.3 is 11.1 Å². The largest absolute Gasteiger partial charge is 0.355 e. The van der Waals surface area contributed by atoms with Gasteiger partial charge in [-0.25, -0.2) is 0 Å². The molecule has 3 heteroatoms. The molecule has 1 aliphatic rings. The maximum atomic E-state index is 11.1. The molecule has 14 heavy (non-hydrogen) atoms. The molecule has 82 valence electrons. The Morgan fingerprint density at radius 2 is 2.14 bits per heavy atom. The normalized spacial score (nSPS) is 19.6. The Morgan fingerprint density at radius 1 is 1.50 bits per heavy atom. The lowest BCUT2D eigenvalue weighted by atomic mass is 10.0. The van der Waals surface area contributed by atoms with Gasteiger partial charge in [0.15, 0.2) is 0 Å². The third-order valence-electron chi connectivity index (χ3n) is 2.98. The quantitative estimate of drug-likeness (QED) is 0.656. The monoisotopic (exact) mass is 198 g/mol. The van der Waals surface area contributed by atoms with Gasteiger partial charge in [-0.3, -0.25) is 4.79 Å². The van der Waals surface area contributed by atoms with Crippen molar-refractivity contribution in [2.45, 2.75) is 51.5 Å². The lowest BCUT2D eigenvalue weighted by molar-refractivity contribution is -0.121. The summed E-state index contributed by atoms with van der Waals surface area (Å²) in [6.45, 7) is 2.50. The summed E-state index contributed by atoms with van der Waals surface area (Å²) < 4.78 is 0. The van der Waals surface area contributed by atoms with E-state index in [0.29, 0.717) is 0 Å². The van der Waals surface area contributed by atoms with E-state index in [1.807, 2.05) is 0 Å². The summed E-state index contributed by atoms with van der Waals surface area (Å²) in [5.41, 5.74) is 5.43. The zero-order chi connectivity index (χ0) is 10.4. The van der Waals surface area contributed by atoms with E-state index in [9.17, 15) is 4.79 Å². The highest BCUT2D eigenvalue weighted by molar-refractivity contribution is 5.80. The van der Waals surface area contributed by atoms with Crippen molar-refractivity contribution in [1.82, 2.24) is 5.32 Å². The minimum Gasteiger partial charge on any atom is -0.355 e. The first-order valence-corrected chi connectivity index (χ1v) is 5.73. The van der Waals surface area contributed by atoms with E-state index in [4.69, 9.17) is 5.73 Å². The average molecular weight is 198 g/mol. The van der Waals surface area contributed by atoms with Crippen molar-refractivity contribution < 1.29 is 4.79 Å². The van der Waals surface area contributed by atoms with Crippen molar-refractivity contribution in [1.29, 1.82) is 0 Å². The molecule has 1 rings (SSSR count). The molecule has 0 unspecified atom stereocenters. The summed E-state index contributed by atoms with van der Waals surface area (Å²) in [6.07, 6.45) is 7.94. The smallest absolute Gasteiger partial charge is 0.236 e. The SMILES string of the molecule is C[C@@H](N)C(=O)NCCCC1CCCC1. The van der Waals surface area contributed by atoms with Gasteiger partial charge in [-0.1, -0.05) is 25.7 Å². The number of carbonyl (C=O) groups is 1. The van der Waals surface area contributed by atoms with Gasteiger partial charge in [0.25, 0.3) is 0 Å². The Kier molecular flexibility index (Phi) is 4.94. The van der Waals surface area contributed by atoms with Crippen LogP contribution in [0.1, 0.15) is 45.4 Å². The summed E-state index contributed by atoms with van der Waals surface area (Å²) in [6, 6.07) is -0.374. The van der Waals surface area contributed by atoms with Crippen molar-refractivity contribution in [3.8, 4) is 0 Å². The molecule has 3 N–H and O–H groups in total. The summed E-state index contributed by atoms with van der Waals surface area (Å²) in [5, 5.41) is 2.84. The molecule has 0 aliphatic heterocycles. The summed E-state index contributed by atoms with van der Waals surface area (Å²) in [4.78, 5) is 11.1. The molecule has 0 saturated heterocycles. The fraction of sp³-hybridized carbons (Fsp3) is 0.909. The second-order valence-corrected chi connectivity index (χ2v) is 4.37. The third kappa shape index (κ3) is 4.09. The Hall–Kier alpha value is -0.570. The maximum Gasteiger partial charge on any atom is 0.236 e. The molecule has 1 aliphatic carbocycles. The van der Waals surface area contributed by atoms with Gasteiger partial charge >= 0.3 is 0 Å². The number of amides is 1. The molecule has 0 radical (unpaired) electrons. The van der Waals surface area contributed by atoms with Crippen molar-refractivity contribution in [3.63, 3.8) is 0 Å². The summed E-state index contributed by atoms with van der Waals surface area (Å²) in [5.74, 6) is 0.888. The second-order valence-electron chi connectivity index (χ2n) is 4.37. The van der Waals surface area contributed by atoms with Crippen LogP contribution in [0.3, 0.4) is 0 Å². The number of nitrogens with two attached hydrogens (primary N) is 1. The van der Waals surface area contributed by atoms with Gasteiger partial charge in [-0.05, 0) is 25.7 Å². The standard InChI is InChI=1S/C11H22N2O/c1-9(12)11(14)13-8-4-7-10-5-2-3-6-10/h9-10H,2-8,12H2,1H3,(H,13,14)/t9-/m1/s1. The lowest BCUT2D eigenvalue weighted by Crippen LogP contribution is -2.38. The molecule has 0 aromatic rings. The highest BCUT2D eigenvalue weighted by atomic mass is 16.2. The fourth-order valence-corrected chi connectivity index (χ4v) is 2.06. The molecule has 0 heterocycles. The number of rotatable bonds is 5. The Bertz CT molecular complexity index is 174. The van der Waals surface area contributed by atoms with Gasteiger partial charge in [0.2, 0.25) is 5.91 Å². The maximum absolute atomic E-state index is 11.1. The highest BCUT2D eigenvalue weighted by Gasteiger charge is 2.14. The predicted molar refractivity (Wildman–Crippen MR) is 57.9 cm³/mol. The van der Waals surface area contributed by atoms with Gasteiger partial charge in [-0.15, -0.1) is 0 Å². The first kappa shape index (κ1) is 11.5. The topological polar surface area (TPSA) is 55.1 Å². The Morgan fingerprint density at radius 3 is 2.71 bits per heavy atom. The van der Waals surface area contributed by atoms with Gasteiger partial charge in [0.1, 0.15) is 0 Å². The van der Waals surface area contributed by atoms with Gasteiger partial charge in [0, 0.05) is 6.54 Å². The molecule has 0 bridgehead atoms. The molecule has 0 spiro atoms. The van der Waals surface area contributed by atoms with Crippen LogP contribution in [0.4, 0.5) is 0 Å². The molecule has 1 fully saturated rings. The lowest BCUT2D eigenvalue weighted by Gasteiger charge is -2.10. The van der Waals surface area contributed by atoms with Crippen molar-refractivity contribution in [2.75, 3.05) is 6.54 Å². The van der Waals surface area contributed by atoms with Crippen LogP contribution in [0, 0.1) is 5.92 Å². The fourth-order valence-electron chi connectivity index (χ4n) is 2.06. The van der Waals surface area contributed by atoms with Crippen LogP contribution in [0.15, 0.2) is 0 Å². The van der Waals surface area contributed by atoms with Gasteiger partial charge in [-0.2, -0.15) is 0 Å². The van der Waals surface area contributed by atoms with Crippen molar-refractivity contribution in [2.24, 2.45) is 11.7 Å². The average Bonchev–Trinajstić information content (AvgIpc) is 2.64. The molecule has 0 aromatic carbocycles. The second kappa shape index (κ2) is 6.02. The zero-order valence-electron chi connectivity index (χ0n) is 9.09. The Labute approximate surface area is 86.4 Å². The van der Waals surface area contributed by atoms with E-state index in [1.54, 1.807) is 6.92 Å². The van der Waals surface area contributed by atoms with Crippen LogP contribution in [0.2, 0.25) is 0 Å². The minimum absolute atomic E-state index is 0.0311. The number of nitrogens with one attached hydrogen (secondary N) is 1. The van der Waals surface area contributed by atoms with Crippen LogP contribution >= 0.6 is 0 Å². The molecule has 1 saturated carbocycles. The van der Waals surface area contributed by atoms with Crippen LogP contribution in [0.25, 0.3) is 0 Å². The molecular weight excluding hydrogens is 176 g/mol. The van der Waals surface area contributed by atoms with E-state index in [1.165, 1.54) is 32.1 Å². The molecule has 0 aromatic heterocycles. The van der Waals surface area contributed by atoms with Crippen molar-refractivity contribution >= 4 is 5.91 Å². The zero-order valence-corrected chi connectivity index (χ0v) is 9.09. The van der Waals surface area contributed by atoms with Crippen LogP contribution in [-0.4, -0.2) is 18.5 Å². The van der Waals surface area contributed by atoms with E-state index < -0.39 is 0 Å². The predicted octanol–water partition coefficient (Wildman–Crippen LogP) is 1.42. The molecular formula is C11H22N2O. The summed E-state index contributed by atoms with van der Waals surface area (Å²) in [7, 11) is 0. The molecule has 3 nitrogen and oxygen atoms in total. The summed E-state index contributed by atoms with van der Waals surface area (Å²) >= 11 is 0. The van der Waals surface area contributed by atoms with Crippen molar-refractivity contribution in [3.05, 3.63) is 0 Å². The van der Waals surface area contributed by atoms with Gasteiger partial charge in [0.05, 0.1) is 6.04 Å². The van der Waals surface area contributed by atoms with Crippen LogP contribution < -0.4 is 11.1 Å². The molecule has 1 atom stereocenters. The highest BCUT2D eigenvalue weighted by Crippen LogP contribution is 2.28. The minimum atomic E-state index is -0.374. The van der Waals surface area contributed by atoms with E-state index >= 15 is 0 Å². The number of hydrogen-bond donors (Lipinski definition) is 2. The van der Waals surface area contributed by atoms with E-state index in [0.717, 1.165) is 18.9 Å². The number of hydrogen-bond acceptors (Lipinski definition) is 2. The first-order chi connectivity index (χ1) is 6.70. The third-order valence-corrected chi connectivity index (χ3v) is 2.98. The molecule has 1 amide bonds. The van der Waals surface area contributed by atoms with Crippen LogP contribution in [0.5, 0.6) is 0 Å². The van der Waals surface area contributed by atoms with E-state index in [2.05, 4.69) is 5.32 Å².